The number of para-hydroxylation sites is 1. The van der Waals surface area contributed by atoms with Gasteiger partial charge in [0.1, 0.15) is 17.8 Å². The fourth-order valence-electron chi connectivity index (χ4n) is 4.26. The van der Waals surface area contributed by atoms with Gasteiger partial charge in [-0.15, -0.1) is 5.10 Å². The van der Waals surface area contributed by atoms with Gasteiger partial charge in [-0.1, -0.05) is 60.7 Å². The molecule has 0 atom stereocenters. The second-order valence-electron chi connectivity index (χ2n) is 8.48. The fraction of sp³-hybridized carbons (Fsp3) is 0.0357. The van der Waals surface area contributed by atoms with Gasteiger partial charge in [0, 0.05) is 6.20 Å². The highest BCUT2D eigenvalue weighted by molar-refractivity contribution is 5.89. The van der Waals surface area contributed by atoms with Crippen LogP contribution in [0.3, 0.4) is 0 Å². The van der Waals surface area contributed by atoms with Crippen LogP contribution in [-0.2, 0) is 6.73 Å². The van der Waals surface area contributed by atoms with Crippen molar-refractivity contribution in [1.29, 1.82) is 0 Å². The third-order valence-electron chi connectivity index (χ3n) is 6.10. The molecule has 37 heavy (non-hydrogen) atoms. The van der Waals surface area contributed by atoms with Gasteiger partial charge in [0.15, 0.2) is 18.0 Å². The highest BCUT2D eigenvalue weighted by Gasteiger charge is 2.15. The van der Waals surface area contributed by atoms with Gasteiger partial charge in [0.05, 0.1) is 17.3 Å². The molecule has 7 rings (SSSR count). The third-order valence-corrected chi connectivity index (χ3v) is 6.10. The van der Waals surface area contributed by atoms with Crippen LogP contribution in [-0.4, -0.2) is 39.1 Å². The quantitative estimate of drug-likeness (QED) is 0.329. The Morgan fingerprint density at radius 3 is 2.30 bits per heavy atom. The summed E-state index contributed by atoms with van der Waals surface area (Å²) in [6.07, 6.45) is 5.26. The highest BCUT2D eigenvalue weighted by Crippen LogP contribution is 2.24. The van der Waals surface area contributed by atoms with E-state index in [1.165, 1.54) is 5.56 Å². The Kier molecular flexibility index (Phi) is 4.95. The summed E-state index contributed by atoms with van der Waals surface area (Å²) in [4.78, 5) is 9.29. The van der Waals surface area contributed by atoms with E-state index in [0.717, 1.165) is 28.0 Å². The first-order valence-electron chi connectivity index (χ1n) is 11.8. The van der Waals surface area contributed by atoms with Crippen LogP contribution < -0.4 is 4.74 Å². The number of fused-ring (bicyclic) bond motifs is 3. The van der Waals surface area contributed by atoms with Crippen molar-refractivity contribution in [3.05, 3.63) is 110 Å². The molecule has 0 aliphatic rings. The van der Waals surface area contributed by atoms with Crippen LogP contribution in [0, 0.1) is 0 Å². The number of hydrogen-bond donors (Lipinski definition) is 0. The Hall–Kier alpha value is -5.31. The minimum absolute atomic E-state index is 0.272. The molecule has 0 saturated heterocycles. The maximum Gasteiger partial charge on any atom is 0.202 e. The molecule has 0 N–H and O–H groups in total. The first-order chi connectivity index (χ1) is 18.3. The molecule has 3 aromatic carbocycles. The third kappa shape index (κ3) is 3.88. The normalized spacial score (nSPS) is 11.4. The average Bonchev–Trinajstić information content (AvgIpc) is 3.71. The average molecular weight is 485 g/mol. The number of aromatic nitrogens is 8. The van der Waals surface area contributed by atoms with Crippen molar-refractivity contribution in [2.75, 3.05) is 0 Å². The summed E-state index contributed by atoms with van der Waals surface area (Å²) in [6, 6.07) is 30.0. The molecular weight excluding hydrogens is 464 g/mol. The van der Waals surface area contributed by atoms with E-state index >= 15 is 0 Å². The molecule has 0 aliphatic carbocycles. The smallest absolute Gasteiger partial charge is 0.202 e. The maximum atomic E-state index is 5.93. The summed E-state index contributed by atoms with van der Waals surface area (Å²) in [6.45, 7) is 0.272. The van der Waals surface area contributed by atoms with Crippen molar-refractivity contribution in [1.82, 2.24) is 39.1 Å². The van der Waals surface area contributed by atoms with Crippen LogP contribution in [0.1, 0.15) is 0 Å². The Bertz CT molecular complexity index is 1820. The summed E-state index contributed by atoms with van der Waals surface area (Å²) in [5.41, 5.74) is 5.29. The van der Waals surface area contributed by atoms with E-state index in [-0.39, 0.29) is 6.73 Å². The van der Waals surface area contributed by atoms with Gasteiger partial charge in [0.2, 0.25) is 5.82 Å². The number of rotatable bonds is 6. The predicted octanol–water partition coefficient (Wildman–Crippen LogP) is 5.03. The largest absolute Gasteiger partial charge is 0.471 e. The summed E-state index contributed by atoms with van der Waals surface area (Å²) >= 11 is 0. The van der Waals surface area contributed by atoms with Crippen molar-refractivity contribution in [2.45, 2.75) is 6.73 Å². The number of ether oxygens (including phenoxy) is 1. The molecule has 0 spiro atoms. The lowest BCUT2D eigenvalue weighted by molar-refractivity contribution is 0.221. The van der Waals surface area contributed by atoms with E-state index in [4.69, 9.17) is 9.72 Å². The molecule has 0 radical (unpaired) electrons. The van der Waals surface area contributed by atoms with Crippen LogP contribution >= 0.6 is 0 Å². The molecule has 0 saturated carbocycles. The van der Waals surface area contributed by atoms with E-state index in [0.29, 0.717) is 17.2 Å². The molecule has 4 heterocycles. The summed E-state index contributed by atoms with van der Waals surface area (Å²) < 4.78 is 11.1. The van der Waals surface area contributed by atoms with Crippen molar-refractivity contribution >= 4 is 16.7 Å². The van der Waals surface area contributed by atoms with Gasteiger partial charge in [-0.05, 0) is 41.5 Å². The summed E-state index contributed by atoms with van der Waals surface area (Å²) in [5.74, 6) is 1.28. The van der Waals surface area contributed by atoms with E-state index in [2.05, 4.69) is 44.5 Å². The first-order valence-corrected chi connectivity index (χ1v) is 11.8. The number of hydrogen-bond acceptors (Lipinski definition) is 6. The molecule has 0 aliphatic heterocycles. The Labute approximate surface area is 211 Å². The van der Waals surface area contributed by atoms with Crippen molar-refractivity contribution in [3.63, 3.8) is 0 Å². The molecule has 0 fully saturated rings. The van der Waals surface area contributed by atoms with E-state index < -0.39 is 0 Å². The van der Waals surface area contributed by atoms with Gasteiger partial charge >= 0.3 is 0 Å². The molecule has 4 aromatic heterocycles. The monoisotopic (exact) mass is 484 g/mol. The first kappa shape index (κ1) is 21.0. The molecule has 0 bridgehead atoms. The standard InChI is InChI=1S/C28H20N8O/c1-3-7-20(8-4-1)21-11-13-23(14-12-21)37-19-34-16-15-25(32-34)26-31-28-24-17-30-36(22-9-5-2-6-10-22)27(24)29-18-35(28)33-26/h1-18H,19H2. The molecule has 7 aromatic rings. The van der Waals surface area contributed by atoms with Gasteiger partial charge in [-0.3, -0.25) is 0 Å². The van der Waals surface area contributed by atoms with Crippen LogP contribution in [0.15, 0.2) is 110 Å². The topological polar surface area (TPSA) is 88.0 Å². The lowest BCUT2D eigenvalue weighted by Crippen LogP contribution is -2.05. The summed E-state index contributed by atoms with van der Waals surface area (Å²) in [5, 5.41) is 14.5. The lowest BCUT2D eigenvalue weighted by Gasteiger charge is -2.07. The minimum Gasteiger partial charge on any atom is -0.471 e. The minimum atomic E-state index is 0.272. The number of benzene rings is 3. The van der Waals surface area contributed by atoms with E-state index in [9.17, 15) is 0 Å². The Balaban J connectivity index is 1.10. The van der Waals surface area contributed by atoms with Gasteiger partial charge < -0.3 is 4.74 Å². The Morgan fingerprint density at radius 1 is 0.730 bits per heavy atom. The SMILES string of the molecule is c1ccc(-c2ccc(OCn3ccc(-c4nc5c6cnn(-c7ccccc7)c6ncn5n4)n3)cc2)cc1. The maximum absolute atomic E-state index is 5.93. The van der Waals surface area contributed by atoms with Crippen LogP contribution in [0.2, 0.25) is 0 Å². The molecule has 0 unspecified atom stereocenters. The van der Waals surface area contributed by atoms with Gasteiger partial charge in [0.25, 0.3) is 0 Å². The zero-order valence-corrected chi connectivity index (χ0v) is 19.6. The van der Waals surface area contributed by atoms with Crippen LogP contribution in [0.5, 0.6) is 5.75 Å². The fourth-order valence-corrected chi connectivity index (χ4v) is 4.26. The second kappa shape index (κ2) is 8.72. The Morgan fingerprint density at radius 2 is 1.49 bits per heavy atom. The predicted molar refractivity (Wildman–Crippen MR) is 139 cm³/mol. The lowest BCUT2D eigenvalue weighted by atomic mass is 10.1. The van der Waals surface area contributed by atoms with Crippen molar-refractivity contribution < 1.29 is 4.74 Å². The number of nitrogens with zero attached hydrogens (tertiary/aromatic N) is 8. The van der Waals surface area contributed by atoms with Crippen LogP contribution in [0.25, 0.3) is 45.0 Å². The van der Waals surface area contributed by atoms with E-state index in [1.54, 1.807) is 26.4 Å². The zero-order valence-electron chi connectivity index (χ0n) is 19.6. The highest BCUT2D eigenvalue weighted by atomic mass is 16.5. The van der Waals surface area contributed by atoms with Gasteiger partial charge in [-0.2, -0.15) is 10.2 Å². The molecule has 9 heteroatoms. The molecular formula is C28H20N8O. The molecule has 9 nitrogen and oxygen atoms in total. The van der Waals surface area contributed by atoms with E-state index in [1.807, 2.05) is 72.9 Å². The van der Waals surface area contributed by atoms with Crippen molar-refractivity contribution in [3.8, 4) is 34.1 Å². The molecule has 178 valence electrons. The second-order valence-corrected chi connectivity index (χ2v) is 8.48. The summed E-state index contributed by atoms with van der Waals surface area (Å²) in [7, 11) is 0. The van der Waals surface area contributed by atoms with Crippen LogP contribution in [0.4, 0.5) is 0 Å². The van der Waals surface area contributed by atoms with Gasteiger partial charge in [-0.25, -0.2) is 23.8 Å². The van der Waals surface area contributed by atoms with Crippen molar-refractivity contribution in [2.24, 2.45) is 0 Å². The molecule has 0 amide bonds. The zero-order chi connectivity index (χ0) is 24.6.